The molecule has 1 aromatic heterocycles. The molecule has 2 saturated carbocycles. The second-order valence-electron chi connectivity index (χ2n) is 5.97. The fourth-order valence-electron chi connectivity index (χ4n) is 2.93. The normalized spacial score (nSPS) is 27.3. The Labute approximate surface area is 125 Å². The molecule has 3 atom stereocenters. The van der Waals surface area contributed by atoms with Gasteiger partial charge in [-0.2, -0.15) is 13.2 Å². The molecule has 0 radical (unpaired) electrons. The SMILES string of the molecule is CCOC(=O)[C@@](O)(c1ccc([C@@H]2C[C@@H]2C2CC2)o1)C(F)(F)F. The molecule has 1 heterocycles. The maximum atomic E-state index is 13.2. The summed E-state index contributed by atoms with van der Waals surface area (Å²) in [7, 11) is 0. The van der Waals surface area contributed by atoms with Crippen LogP contribution in [-0.2, 0) is 15.1 Å². The quantitative estimate of drug-likeness (QED) is 0.848. The van der Waals surface area contributed by atoms with E-state index < -0.39 is 23.5 Å². The van der Waals surface area contributed by atoms with Crippen LogP contribution in [0.1, 0.15) is 43.6 Å². The molecule has 2 aliphatic carbocycles. The highest BCUT2D eigenvalue weighted by atomic mass is 19.4. The van der Waals surface area contributed by atoms with Gasteiger partial charge in [0.2, 0.25) is 0 Å². The van der Waals surface area contributed by atoms with Gasteiger partial charge in [0.1, 0.15) is 5.76 Å². The van der Waals surface area contributed by atoms with Crippen LogP contribution >= 0.6 is 0 Å². The first-order valence-electron chi connectivity index (χ1n) is 7.35. The minimum atomic E-state index is -5.21. The molecule has 0 saturated heterocycles. The van der Waals surface area contributed by atoms with Crippen molar-refractivity contribution < 1.29 is 32.2 Å². The smallest absolute Gasteiger partial charge is 0.435 e. The molecule has 0 aliphatic heterocycles. The van der Waals surface area contributed by atoms with E-state index in [-0.39, 0.29) is 12.5 Å². The highest BCUT2D eigenvalue weighted by molar-refractivity contribution is 5.81. The van der Waals surface area contributed by atoms with Gasteiger partial charge in [0, 0.05) is 5.92 Å². The largest absolute Gasteiger partial charge is 0.463 e. The maximum Gasteiger partial charge on any atom is 0.435 e. The van der Waals surface area contributed by atoms with Gasteiger partial charge in [0.05, 0.1) is 6.61 Å². The number of alkyl halides is 3. The summed E-state index contributed by atoms with van der Waals surface area (Å²) in [6, 6.07) is 2.43. The Morgan fingerprint density at radius 2 is 2.09 bits per heavy atom. The van der Waals surface area contributed by atoms with Crippen LogP contribution in [-0.4, -0.2) is 23.9 Å². The highest BCUT2D eigenvalue weighted by Gasteiger charge is 2.64. The van der Waals surface area contributed by atoms with Gasteiger partial charge in [-0.1, -0.05) is 0 Å². The molecule has 0 bridgehead atoms. The highest BCUT2D eigenvalue weighted by Crippen LogP contribution is 2.59. The van der Waals surface area contributed by atoms with Crippen LogP contribution in [0.4, 0.5) is 13.2 Å². The number of aliphatic hydroxyl groups is 1. The Kier molecular flexibility index (Phi) is 3.51. The number of carbonyl (C=O) groups is 1. The molecule has 0 unspecified atom stereocenters. The average Bonchev–Trinajstić information content (AvgIpc) is 3.33. The number of esters is 1. The predicted molar refractivity (Wildman–Crippen MR) is 68.9 cm³/mol. The van der Waals surface area contributed by atoms with Crippen molar-refractivity contribution in [2.24, 2.45) is 11.8 Å². The number of halogens is 3. The number of ether oxygens (including phenoxy) is 1. The average molecular weight is 318 g/mol. The zero-order valence-electron chi connectivity index (χ0n) is 12.0. The van der Waals surface area contributed by atoms with E-state index in [2.05, 4.69) is 4.74 Å². The fourth-order valence-corrected chi connectivity index (χ4v) is 2.93. The lowest BCUT2D eigenvalue weighted by Gasteiger charge is -2.25. The van der Waals surface area contributed by atoms with Crippen molar-refractivity contribution in [3.8, 4) is 0 Å². The van der Waals surface area contributed by atoms with E-state index in [0.717, 1.165) is 25.3 Å². The minimum Gasteiger partial charge on any atom is -0.463 e. The van der Waals surface area contributed by atoms with Gasteiger partial charge in [-0.15, -0.1) is 0 Å². The Balaban J connectivity index is 1.85. The standard InChI is InChI=1S/C15H17F3O4/c1-2-21-13(19)14(20,15(16,17)18)12-6-5-11(22-12)10-7-9(10)8-3-4-8/h5-6,8-10,20H,2-4,7H2,1H3/t9-,10-,14+/m1/s1. The minimum absolute atomic E-state index is 0.0981. The molecule has 2 fully saturated rings. The van der Waals surface area contributed by atoms with Gasteiger partial charge < -0.3 is 14.3 Å². The topological polar surface area (TPSA) is 59.7 Å². The first-order chi connectivity index (χ1) is 10.3. The van der Waals surface area contributed by atoms with Crippen LogP contribution in [0.5, 0.6) is 0 Å². The Morgan fingerprint density at radius 1 is 1.41 bits per heavy atom. The van der Waals surface area contributed by atoms with Gasteiger partial charge in [0.25, 0.3) is 0 Å². The van der Waals surface area contributed by atoms with Crippen molar-refractivity contribution in [1.29, 1.82) is 0 Å². The molecule has 0 aromatic carbocycles. The third kappa shape index (κ3) is 2.41. The summed E-state index contributed by atoms with van der Waals surface area (Å²) in [5.41, 5.74) is -3.76. The number of rotatable bonds is 5. The van der Waals surface area contributed by atoms with E-state index in [0.29, 0.717) is 17.6 Å². The molecular weight excluding hydrogens is 301 g/mol. The monoisotopic (exact) mass is 318 g/mol. The molecule has 2 aliphatic rings. The van der Waals surface area contributed by atoms with Gasteiger partial charge in [-0.05, 0) is 50.2 Å². The summed E-state index contributed by atoms with van der Waals surface area (Å²) >= 11 is 0. The second kappa shape index (κ2) is 5.01. The van der Waals surface area contributed by atoms with Crippen molar-refractivity contribution in [1.82, 2.24) is 0 Å². The second-order valence-corrected chi connectivity index (χ2v) is 5.97. The number of furan rings is 1. The van der Waals surface area contributed by atoms with Gasteiger partial charge in [-0.3, -0.25) is 0 Å². The summed E-state index contributed by atoms with van der Waals surface area (Å²) in [6.45, 7) is 1.10. The summed E-state index contributed by atoms with van der Waals surface area (Å²) < 4.78 is 49.2. The zero-order valence-corrected chi connectivity index (χ0v) is 12.0. The van der Waals surface area contributed by atoms with Crippen LogP contribution in [0.25, 0.3) is 0 Å². The van der Waals surface area contributed by atoms with Gasteiger partial charge >= 0.3 is 17.7 Å². The van der Waals surface area contributed by atoms with Crippen molar-refractivity contribution >= 4 is 5.97 Å². The molecule has 7 heteroatoms. The lowest BCUT2D eigenvalue weighted by Crippen LogP contribution is -2.50. The van der Waals surface area contributed by atoms with Crippen molar-refractivity contribution in [3.05, 3.63) is 23.7 Å². The fraction of sp³-hybridized carbons (Fsp3) is 0.667. The van der Waals surface area contributed by atoms with Gasteiger partial charge in [-0.25, -0.2) is 4.79 Å². The van der Waals surface area contributed by atoms with Crippen molar-refractivity contribution in [2.45, 2.75) is 43.9 Å². The van der Waals surface area contributed by atoms with Crippen LogP contribution in [0.15, 0.2) is 16.5 Å². The summed E-state index contributed by atoms with van der Waals surface area (Å²) in [6.07, 6.45) is -2.01. The van der Waals surface area contributed by atoms with E-state index in [1.807, 2.05) is 0 Å². The molecule has 1 aromatic rings. The molecule has 22 heavy (non-hydrogen) atoms. The Hall–Kier alpha value is -1.50. The van der Waals surface area contributed by atoms with Crippen LogP contribution in [0.3, 0.4) is 0 Å². The number of hydrogen-bond donors (Lipinski definition) is 1. The number of carbonyl (C=O) groups excluding carboxylic acids is 1. The predicted octanol–water partition coefficient (Wildman–Crippen LogP) is 3.11. The molecule has 0 spiro atoms. The van der Waals surface area contributed by atoms with Crippen LogP contribution < -0.4 is 0 Å². The van der Waals surface area contributed by atoms with Crippen molar-refractivity contribution in [2.75, 3.05) is 6.61 Å². The molecule has 4 nitrogen and oxygen atoms in total. The first kappa shape index (κ1) is 15.4. The summed E-state index contributed by atoms with van der Waals surface area (Å²) in [4.78, 5) is 11.6. The van der Waals surface area contributed by atoms with E-state index in [1.54, 1.807) is 0 Å². The van der Waals surface area contributed by atoms with Crippen molar-refractivity contribution in [3.63, 3.8) is 0 Å². The first-order valence-corrected chi connectivity index (χ1v) is 7.35. The van der Waals surface area contributed by atoms with Gasteiger partial charge in [0.15, 0.2) is 5.76 Å². The molecule has 122 valence electrons. The lowest BCUT2D eigenvalue weighted by atomic mass is 10.0. The summed E-state index contributed by atoms with van der Waals surface area (Å²) in [5, 5.41) is 9.93. The Bertz CT molecular complexity index is 576. The lowest BCUT2D eigenvalue weighted by molar-refractivity contribution is -0.272. The molecular formula is C15H17F3O4. The Morgan fingerprint density at radius 3 is 2.64 bits per heavy atom. The molecule has 1 N–H and O–H groups in total. The van der Waals surface area contributed by atoms with E-state index in [1.165, 1.54) is 13.0 Å². The molecule has 3 rings (SSSR count). The number of hydrogen-bond acceptors (Lipinski definition) is 4. The van der Waals surface area contributed by atoms with Crippen LogP contribution in [0, 0.1) is 11.8 Å². The zero-order chi connectivity index (χ0) is 16.1. The third-order valence-corrected chi connectivity index (χ3v) is 4.40. The third-order valence-electron chi connectivity index (χ3n) is 4.40. The van der Waals surface area contributed by atoms with E-state index in [9.17, 15) is 23.1 Å². The molecule has 0 amide bonds. The van der Waals surface area contributed by atoms with E-state index >= 15 is 0 Å². The maximum absolute atomic E-state index is 13.2. The van der Waals surface area contributed by atoms with Crippen LogP contribution in [0.2, 0.25) is 0 Å². The summed E-state index contributed by atoms with van der Waals surface area (Å²) in [5.74, 6) is -0.988. The van der Waals surface area contributed by atoms with E-state index in [4.69, 9.17) is 4.42 Å².